The van der Waals surface area contributed by atoms with E-state index in [-0.39, 0.29) is 26.6 Å². The number of rotatable bonds is 5. The van der Waals surface area contributed by atoms with E-state index < -0.39 is 15.9 Å². The molecule has 0 atom stereocenters. The Kier molecular flexibility index (Phi) is 5.64. The van der Waals surface area contributed by atoms with Gasteiger partial charge in [-0.15, -0.1) is 11.3 Å². The Morgan fingerprint density at radius 2 is 1.96 bits per heavy atom. The Morgan fingerprint density at radius 3 is 2.61 bits per heavy atom. The van der Waals surface area contributed by atoms with Crippen molar-refractivity contribution >= 4 is 50.5 Å². The summed E-state index contributed by atoms with van der Waals surface area (Å²) in [6.45, 7) is 0.164. The first-order valence-electron chi connectivity index (χ1n) is 6.33. The average molecular weight is 394 g/mol. The third kappa shape index (κ3) is 4.21. The van der Waals surface area contributed by atoms with Gasteiger partial charge in [0, 0.05) is 19.0 Å². The minimum atomic E-state index is -3.47. The fourth-order valence-corrected chi connectivity index (χ4v) is 4.40. The molecule has 0 saturated carbocycles. The number of carbonyl (C=O) groups is 1. The van der Waals surface area contributed by atoms with Crippen molar-refractivity contribution in [2.24, 2.45) is 0 Å². The van der Waals surface area contributed by atoms with E-state index in [1.54, 1.807) is 6.07 Å². The molecule has 6 nitrogen and oxygen atoms in total. The van der Waals surface area contributed by atoms with Crippen molar-refractivity contribution in [1.29, 1.82) is 0 Å². The third-order valence-electron chi connectivity index (χ3n) is 2.82. The highest BCUT2D eigenvalue weighted by Gasteiger charge is 2.20. The predicted molar refractivity (Wildman–Crippen MR) is 90.6 cm³/mol. The molecule has 23 heavy (non-hydrogen) atoms. The SMILES string of the molecule is CN(C)S(=O)(=O)c1ccc(CNC(=O)c2nc(Cl)ccc2Cl)s1. The molecule has 124 valence electrons. The maximum atomic E-state index is 12.1. The van der Waals surface area contributed by atoms with Crippen LogP contribution in [-0.2, 0) is 16.6 Å². The Morgan fingerprint density at radius 1 is 1.26 bits per heavy atom. The lowest BCUT2D eigenvalue weighted by Crippen LogP contribution is -2.23. The minimum Gasteiger partial charge on any atom is -0.346 e. The zero-order chi connectivity index (χ0) is 17.2. The topological polar surface area (TPSA) is 79.4 Å². The highest BCUT2D eigenvalue weighted by Crippen LogP contribution is 2.24. The number of nitrogens with one attached hydrogen (secondary N) is 1. The molecule has 0 unspecified atom stereocenters. The second-order valence-corrected chi connectivity index (χ2v) is 9.00. The number of halogens is 2. The van der Waals surface area contributed by atoms with Crippen LogP contribution in [0.5, 0.6) is 0 Å². The molecular weight excluding hydrogens is 381 g/mol. The summed E-state index contributed by atoms with van der Waals surface area (Å²) in [7, 11) is -0.548. The number of aromatic nitrogens is 1. The number of hydrogen-bond donors (Lipinski definition) is 1. The number of pyridine rings is 1. The van der Waals surface area contributed by atoms with Gasteiger partial charge in [0.15, 0.2) is 0 Å². The largest absolute Gasteiger partial charge is 0.346 e. The van der Waals surface area contributed by atoms with Crippen molar-refractivity contribution in [3.8, 4) is 0 Å². The van der Waals surface area contributed by atoms with Crippen LogP contribution in [0.15, 0.2) is 28.5 Å². The minimum absolute atomic E-state index is 0.0249. The van der Waals surface area contributed by atoms with E-state index >= 15 is 0 Å². The third-order valence-corrected chi connectivity index (χ3v) is 6.71. The molecule has 0 saturated heterocycles. The molecule has 2 heterocycles. The van der Waals surface area contributed by atoms with Gasteiger partial charge in [-0.25, -0.2) is 17.7 Å². The van der Waals surface area contributed by atoms with Gasteiger partial charge in [-0.3, -0.25) is 4.79 Å². The van der Waals surface area contributed by atoms with Gasteiger partial charge < -0.3 is 5.32 Å². The highest BCUT2D eigenvalue weighted by molar-refractivity contribution is 7.91. The molecule has 2 rings (SSSR count). The van der Waals surface area contributed by atoms with Gasteiger partial charge in [0.1, 0.15) is 15.1 Å². The molecule has 2 aromatic rings. The Bertz CT molecular complexity index is 835. The molecule has 0 fully saturated rings. The van der Waals surface area contributed by atoms with Crippen molar-refractivity contribution in [3.63, 3.8) is 0 Å². The average Bonchev–Trinajstić information content (AvgIpc) is 2.96. The van der Waals surface area contributed by atoms with E-state index in [4.69, 9.17) is 23.2 Å². The number of amides is 1. The number of sulfonamides is 1. The Balaban J connectivity index is 2.09. The second kappa shape index (κ2) is 7.14. The van der Waals surface area contributed by atoms with Crippen LogP contribution in [0.2, 0.25) is 10.2 Å². The fourth-order valence-electron chi connectivity index (χ4n) is 1.60. The zero-order valence-electron chi connectivity index (χ0n) is 12.2. The number of nitrogens with zero attached hydrogens (tertiary/aromatic N) is 2. The van der Waals surface area contributed by atoms with Gasteiger partial charge in [-0.05, 0) is 24.3 Å². The molecule has 0 aliphatic carbocycles. The highest BCUT2D eigenvalue weighted by atomic mass is 35.5. The first kappa shape index (κ1) is 18.2. The Labute approximate surface area is 148 Å². The van der Waals surface area contributed by atoms with E-state index in [2.05, 4.69) is 10.3 Å². The van der Waals surface area contributed by atoms with Crippen LogP contribution in [0.3, 0.4) is 0 Å². The normalized spacial score (nSPS) is 11.7. The molecule has 0 aliphatic rings. The summed E-state index contributed by atoms with van der Waals surface area (Å²) >= 11 is 12.7. The lowest BCUT2D eigenvalue weighted by atomic mass is 10.3. The molecular formula is C13H13Cl2N3O3S2. The first-order valence-corrected chi connectivity index (χ1v) is 9.34. The van der Waals surface area contributed by atoms with Gasteiger partial charge in [0.2, 0.25) is 0 Å². The van der Waals surface area contributed by atoms with Crippen molar-refractivity contribution in [2.45, 2.75) is 10.8 Å². The summed E-state index contributed by atoms with van der Waals surface area (Å²) in [6.07, 6.45) is 0. The maximum Gasteiger partial charge on any atom is 0.271 e. The molecule has 0 radical (unpaired) electrons. The summed E-state index contributed by atoms with van der Waals surface area (Å²) < 4.78 is 25.3. The zero-order valence-corrected chi connectivity index (χ0v) is 15.4. The van der Waals surface area contributed by atoms with Crippen LogP contribution in [-0.4, -0.2) is 37.7 Å². The predicted octanol–water partition coefficient (Wildman–Crippen LogP) is 2.63. The number of thiophene rings is 1. The second-order valence-electron chi connectivity index (χ2n) is 4.66. The molecule has 10 heteroatoms. The summed E-state index contributed by atoms with van der Waals surface area (Å²) in [4.78, 5) is 16.6. The lowest BCUT2D eigenvalue weighted by molar-refractivity contribution is 0.0946. The van der Waals surface area contributed by atoms with E-state index in [0.29, 0.717) is 4.88 Å². The van der Waals surface area contributed by atoms with Crippen LogP contribution in [0.4, 0.5) is 0 Å². The summed E-state index contributed by atoms with van der Waals surface area (Å²) in [5.74, 6) is -0.483. The summed E-state index contributed by atoms with van der Waals surface area (Å²) in [5, 5.41) is 2.99. The van der Waals surface area contributed by atoms with Crippen LogP contribution in [0.25, 0.3) is 0 Å². The van der Waals surface area contributed by atoms with Gasteiger partial charge >= 0.3 is 0 Å². The van der Waals surface area contributed by atoms with Crippen LogP contribution in [0.1, 0.15) is 15.4 Å². The monoisotopic (exact) mass is 393 g/mol. The smallest absolute Gasteiger partial charge is 0.271 e. The van der Waals surface area contributed by atoms with Crippen molar-refractivity contribution in [2.75, 3.05) is 14.1 Å². The number of hydrogen-bond acceptors (Lipinski definition) is 5. The van der Waals surface area contributed by atoms with Crippen molar-refractivity contribution < 1.29 is 13.2 Å². The van der Waals surface area contributed by atoms with E-state index in [1.807, 2.05) is 0 Å². The molecule has 0 bridgehead atoms. The van der Waals surface area contributed by atoms with E-state index in [9.17, 15) is 13.2 Å². The van der Waals surface area contributed by atoms with Gasteiger partial charge in [-0.1, -0.05) is 23.2 Å². The van der Waals surface area contributed by atoms with Gasteiger partial charge in [-0.2, -0.15) is 0 Å². The van der Waals surface area contributed by atoms with Crippen LogP contribution >= 0.6 is 34.5 Å². The van der Waals surface area contributed by atoms with Crippen molar-refractivity contribution in [3.05, 3.63) is 45.0 Å². The molecule has 1 amide bonds. The molecule has 1 N–H and O–H groups in total. The number of carbonyl (C=O) groups excluding carboxylic acids is 1. The summed E-state index contributed by atoms with van der Waals surface area (Å²) in [5.41, 5.74) is 0.0249. The van der Waals surface area contributed by atoms with Gasteiger partial charge in [0.05, 0.1) is 11.6 Å². The van der Waals surface area contributed by atoms with Gasteiger partial charge in [0.25, 0.3) is 15.9 Å². The molecule has 0 aliphatic heterocycles. The van der Waals surface area contributed by atoms with E-state index in [1.165, 1.54) is 32.3 Å². The first-order chi connectivity index (χ1) is 10.7. The molecule has 0 spiro atoms. The standard InChI is InChI=1S/C13H13Cl2N3O3S2/c1-18(2)23(20,21)11-6-3-8(22-11)7-16-13(19)12-9(14)4-5-10(15)17-12/h3-6H,7H2,1-2H3,(H,16,19). The lowest BCUT2D eigenvalue weighted by Gasteiger charge is -2.08. The fraction of sp³-hybridized carbons (Fsp3) is 0.231. The van der Waals surface area contributed by atoms with Crippen molar-refractivity contribution in [1.82, 2.24) is 14.6 Å². The maximum absolute atomic E-state index is 12.1. The van der Waals surface area contributed by atoms with Crippen LogP contribution < -0.4 is 5.32 Å². The molecule has 0 aromatic carbocycles. The Hall–Kier alpha value is -1.19. The van der Waals surface area contributed by atoms with E-state index in [0.717, 1.165) is 15.6 Å². The molecule has 2 aromatic heterocycles. The van der Waals surface area contributed by atoms with Crippen LogP contribution in [0, 0.1) is 0 Å². The quantitative estimate of drug-likeness (QED) is 0.791. The summed E-state index contributed by atoms with van der Waals surface area (Å²) in [6, 6.07) is 6.12.